The van der Waals surface area contributed by atoms with Gasteiger partial charge in [0.1, 0.15) is 5.75 Å². The molecule has 0 saturated carbocycles. The van der Waals surface area contributed by atoms with Crippen LogP contribution in [0.15, 0.2) is 22.7 Å². The standard InChI is InChI=1S/C9H10BrClN2O/c10-6-1-2-7(11)8(5-6)14-4-3-9(12)13/h1-2,5H,3-4H2,(H3,12,13). The molecule has 0 aliphatic rings. The highest BCUT2D eigenvalue weighted by molar-refractivity contribution is 9.10. The lowest BCUT2D eigenvalue weighted by atomic mass is 10.3. The predicted molar refractivity (Wildman–Crippen MR) is 61.2 cm³/mol. The van der Waals surface area contributed by atoms with E-state index in [4.69, 9.17) is 27.5 Å². The van der Waals surface area contributed by atoms with E-state index >= 15 is 0 Å². The summed E-state index contributed by atoms with van der Waals surface area (Å²) in [5.41, 5.74) is 5.19. The van der Waals surface area contributed by atoms with Gasteiger partial charge in [-0.05, 0) is 18.2 Å². The van der Waals surface area contributed by atoms with E-state index in [-0.39, 0.29) is 5.84 Å². The van der Waals surface area contributed by atoms with E-state index in [1.54, 1.807) is 12.1 Å². The van der Waals surface area contributed by atoms with Crippen LogP contribution in [0.25, 0.3) is 0 Å². The van der Waals surface area contributed by atoms with E-state index in [9.17, 15) is 0 Å². The van der Waals surface area contributed by atoms with Crippen LogP contribution >= 0.6 is 27.5 Å². The molecular weight excluding hydrogens is 267 g/mol. The van der Waals surface area contributed by atoms with Crippen LogP contribution in [0.4, 0.5) is 0 Å². The van der Waals surface area contributed by atoms with Gasteiger partial charge in [-0.2, -0.15) is 0 Å². The fourth-order valence-electron chi connectivity index (χ4n) is 0.859. The van der Waals surface area contributed by atoms with Gasteiger partial charge in [0.25, 0.3) is 0 Å². The summed E-state index contributed by atoms with van der Waals surface area (Å²) < 4.78 is 6.25. The first-order valence-electron chi connectivity index (χ1n) is 4.00. The van der Waals surface area contributed by atoms with Crippen molar-refractivity contribution in [1.82, 2.24) is 0 Å². The molecule has 0 heterocycles. The van der Waals surface area contributed by atoms with Crippen molar-refractivity contribution in [2.45, 2.75) is 6.42 Å². The molecule has 0 amide bonds. The molecule has 0 aliphatic carbocycles. The molecule has 14 heavy (non-hydrogen) atoms. The number of amidine groups is 1. The van der Waals surface area contributed by atoms with Crippen molar-refractivity contribution in [3.05, 3.63) is 27.7 Å². The number of halogens is 2. The summed E-state index contributed by atoms with van der Waals surface area (Å²) in [6.07, 6.45) is 0.406. The van der Waals surface area contributed by atoms with Crippen molar-refractivity contribution in [2.24, 2.45) is 5.73 Å². The Hall–Kier alpha value is -0.740. The van der Waals surface area contributed by atoms with Crippen molar-refractivity contribution in [1.29, 1.82) is 5.41 Å². The minimum Gasteiger partial charge on any atom is -0.492 e. The average molecular weight is 278 g/mol. The Labute approximate surface area is 95.8 Å². The maximum Gasteiger partial charge on any atom is 0.139 e. The predicted octanol–water partition coefficient (Wildman–Crippen LogP) is 2.81. The minimum absolute atomic E-state index is 0.108. The summed E-state index contributed by atoms with van der Waals surface area (Å²) in [5.74, 6) is 0.707. The molecule has 0 bridgehead atoms. The number of nitrogens with one attached hydrogen (secondary N) is 1. The zero-order valence-corrected chi connectivity index (χ0v) is 9.73. The molecule has 0 unspecified atom stereocenters. The zero-order chi connectivity index (χ0) is 10.6. The lowest BCUT2D eigenvalue weighted by Crippen LogP contribution is -2.13. The molecule has 3 N–H and O–H groups in total. The second kappa shape index (κ2) is 5.22. The molecule has 0 radical (unpaired) electrons. The maximum absolute atomic E-state index is 7.01. The van der Waals surface area contributed by atoms with Gasteiger partial charge >= 0.3 is 0 Å². The highest BCUT2D eigenvalue weighted by atomic mass is 79.9. The molecule has 0 spiro atoms. The van der Waals surface area contributed by atoms with Gasteiger partial charge in [-0.3, -0.25) is 5.41 Å². The fourth-order valence-corrected chi connectivity index (χ4v) is 1.37. The summed E-state index contributed by atoms with van der Waals surface area (Å²) >= 11 is 9.19. The molecule has 0 fully saturated rings. The normalized spacial score (nSPS) is 9.86. The van der Waals surface area contributed by atoms with E-state index in [2.05, 4.69) is 15.9 Å². The molecule has 5 heteroatoms. The summed E-state index contributed by atoms with van der Waals surface area (Å²) in [6, 6.07) is 5.36. The highest BCUT2D eigenvalue weighted by Gasteiger charge is 2.02. The lowest BCUT2D eigenvalue weighted by molar-refractivity contribution is 0.328. The van der Waals surface area contributed by atoms with E-state index in [0.29, 0.717) is 23.8 Å². The number of hydrogen-bond acceptors (Lipinski definition) is 2. The maximum atomic E-state index is 7.01. The topological polar surface area (TPSA) is 59.1 Å². The van der Waals surface area contributed by atoms with Gasteiger partial charge in [-0.25, -0.2) is 0 Å². The largest absolute Gasteiger partial charge is 0.492 e. The zero-order valence-electron chi connectivity index (χ0n) is 7.39. The lowest BCUT2D eigenvalue weighted by Gasteiger charge is -2.07. The Morgan fingerprint density at radius 2 is 2.29 bits per heavy atom. The van der Waals surface area contributed by atoms with Crippen molar-refractivity contribution >= 4 is 33.4 Å². The molecule has 1 aromatic carbocycles. The molecular formula is C9H10BrClN2O. The smallest absolute Gasteiger partial charge is 0.139 e. The minimum atomic E-state index is 0.108. The quantitative estimate of drug-likeness (QED) is 0.657. The molecule has 0 saturated heterocycles. The summed E-state index contributed by atoms with van der Waals surface area (Å²) in [6.45, 7) is 0.367. The third kappa shape index (κ3) is 3.55. The molecule has 76 valence electrons. The van der Waals surface area contributed by atoms with Crippen molar-refractivity contribution < 1.29 is 4.74 Å². The highest BCUT2D eigenvalue weighted by Crippen LogP contribution is 2.27. The summed E-state index contributed by atoms with van der Waals surface area (Å²) in [7, 11) is 0. The molecule has 0 aromatic heterocycles. The Balaban J connectivity index is 2.57. The monoisotopic (exact) mass is 276 g/mol. The number of rotatable bonds is 4. The number of nitrogens with two attached hydrogens (primary N) is 1. The van der Waals surface area contributed by atoms with Crippen LogP contribution in [0.2, 0.25) is 5.02 Å². The third-order valence-electron chi connectivity index (χ3n) is 1.52. The second-order valence-corrected chi connectivity index (χ2v) is 4.02. The Bertz CT molecular complexity index is 344. The van der Waals surface area contributed by atoms with Gasteiger partial charge in [0.15, 0.2) is 0 Å². The van der Waals surface area contributed by atoms with Crippen LogP contribution in [-0.2, 0) is 0 Å². The van der Waals surface area contributed by atoms with Crippen molar-refractivity contribution in [3.8, 4) is 5.75 Å². The second-order valence-electron chi connectivity index (χ2n) is 2.70. The molecule has 1 rings (SSSR count). The van der Waals surface area contributed by atoms with Crippen LogP contribution in [0.5, 0.6) is 5.75 Å². The van der Waals surface area contributed by atoms with Gasteiger partial charge in [0, 0.05) is 10.9 Å². The van der Waals surface area contributed by atoms with E-state index in [1.165, 1.54) is 0 Å². The van der Waals surface area contributed by atoms with E-state index in [0.717, 1.165) is 4.47 Å². The van der Waals surface area contributed by atoms with Crippen LogP contribution in [0.3, 0.4) is 0 Å². The van der Waals surface area contributed by atoms with E-state index in [1.807, 2.05) is 6.07 Å². The Morgan fingerprint density at radius 1 is 1.57 bits per heavy atom. The molecule has 3 nitrogen and oxygen atoms in total. The molecule has 0 atom stereocenters. The Morgan fingerprint density at radius 3 is 2.93 bits per heavy atom. The number of benzene rings is 1. The molecule has 1 aromatic rings. The Kier molecular flexibility index (Phi) is 4.22. The van der Waals surface area contributed by atoms with Crippen LogP contribution in [-0.4, -0.2) is 12.4 Å². The van der Waals surface area contributed by atoms with Crippen LogP contribution in [0, 0.1) is 5.41 Å². The summed E-state index contributed by atoms with van der Waals surface area (Å²) in [5, 5.41) is 7.56. The van der Waals surface area contributed by atoms with Crippen molar-refractivity contribution in [2.75, 3.05) is 6.61 Å². The SMILES string of the molecule is N=C(N)CCOc1cc(Br)ccc1Cl. The number of hydrogen-bond donors (Lipinski definition) is 2. The van der Waals surface area contributed by atoms with Crippen LogP contribution in [0.1, 0.15) is 6.42 Å². The van der Waals surface area contributed by atoms with Gasteiger partial charge in [0.2, 0.25) is 0 Å². The first-order chi connectivity index (χ1) is 6.59. The van der Waals surface area contributed by atoms with Gasteiger partial charge < -0.3 is 10.5 Å². The first-order valence-corrected chi connectivity index (χ1v) is 5.17. The summed E-state index contributed by atoms with van der Waals surface area (Å²) in [4.78, 5) is 0. The third-order valence-corrected chi connectivity index (χ3v) is 2.33. The van der Waals surface area contributed by atoms with Gasteiger partial charge in [0.05, 0.1) is 17.5 Å². The van der Waals surface area contributed by atoms with Gasteiger partial charge in [-0.15, -0.1) is 0 Å². The van der Waals surface area contributed by atoms with Crippen LogP contribution < -0.4 is 10.5 Å². The first kappa shape index (κ1) is 11.3. The van der Waals surface area contributed by atoms with Crippen molar-refractivity contribution in [3.63, 3.8) is 0 Å². The molecule has 0 aliphatic heterocycles. The van der Waals surface area contributed by atoms with Gasteiger partial charge in [-0.1, -0.05) is 27.5 Å². The average Bonchev–Trinajstić information content (AvgIpc) is 2.10. The number of ether oxygens (including phenoxy) is 1. The van der Waals surface area contributed by atoms with E-state index < -0.39 is 0 Å². The fraction of sp³-hybridized carbons (Fsp3) is 0.222.